The number of hydrogen-bond donors (Lipinski definition) is 1. The minimum absolute atomic E-state index is 0.0650. The fraction of sp³-hybridized carbons (Fsp3) is 0.214. The van der Waals surface area contributed by atoms with Crippen LogP contribution in [0.25, 0.3) is 0 Å². The monoisotopic (exact) mass is 328 g/mol. The third-order valence-corrected chi connectivity index (χ3v) is 3.90. The van der Waals surface area contributed by atoms with Crippen LogP contribution in [0.15, 0.2) is 24.3 Å². The van der Waals surface area contributed by atoms with Gasteiger partial charge in [0.25, 0.3) is 0 Å². The third kappa shape index (κ3) is 3.59. The molecule has 0 aliphatic rings. The molecule has 0 aliphatic heterocycles. The van der Waals surface area contributed by atoms with Gasteiger partial charge in [-0.2, -0.15) is 0 Å². The predicted molar refractivity (Wildman–Crippen MR) is 80.2 cm³/mol. The summed E-state index contributed by atoms with van der Waals surface area (Å²) < 4.78 is 16.7. The van der Waals surface area contributed by atoms with Crippen molar-refractivity contribution < 1.29 is 24.1 Å². The van der Waals surface area contributed by atoms with Gasteiger partial charge in [-0.3, -0.25) is 0 Å². The normalized spacial score (nSPS) is 10.2. The van der Waals surface area contributed by atoms with Gasteiger partial charge in [-0.1, -0.05) is 11.6 Å². The molecule has 0 unspecified atom stereocenters. The van der Waals surface area contributed by atoms with E-state index in [1.807, 2.05) is 6.07 Å². The molecule has 1 N–H and O–H groups in total. The Kier molecular flexibility index (Phi) is 4.93. The molecule has 1 aromatic carbocycles. The van der Waals surface area contributed by atoms with E-state index in [1.54, 1.807) is 6.07 Å². The Hall–Kier alpha value is -1.92. The number of carboxylic acids is 1. The van der Waals surface area contributed by atoms with Gasteiger partial charge in [-0.15, -0.1) is 11.3 Å². The Morgan fingerprint density at radius 1 is 1.24 bits per heavy atom. The molecule has 7 heteroatoms. The number of hydrogen-bond acceptors (Lipinski definition) is 5. The van der Waals surface area contributed by atoms with Gasteiger partial charge < -0.3 is 19.3 Å². The van der Waals surface area contributed by atoms with Gasteiger partial charge >= 0.3 is 5.97 Å². The first-order valence-electron chi connectivity index (χ1n) is 5.91. The number of carboxylic acid groups (broad SMARTS) is 1. The first-order valence-corrected chi connectivity index (χ1v) is 7.11. The van der Waals surface area contributed by atoms with Crippen LogP contribution < -0.4 is 14.2 Å². The Morgan fingerprint density at radius 2 is 1.86 bits per heavy atom. The Labute approximate surface area is 130 Å². The second-order valence-electron chi connectivity index (χ2n) is 4.01. The van der Waals surface area contributed by atoms with Crippen LogP contribution in [0.2, 0.25) is 4.34 Å². The molecule has 0 fully saturated rings. The SMILES string of the molecule is COc1cc(C(=O)O)cc(OC)c1OCc1ccc(Cl)s1. The average molecular weight is 329 g/mol. The number of benzene rings is 1. The molecule has 5 nitrogen and oxygen atoms in total. The smallest absolute Gasteiger partial charge is 0.335 e. The lowest BCUT2D eigenvalue weighted by Crippen LogP contribution is -2.03. The molecule has 0 radical (unpaired) electrons. The molecule has 0 atom stereocenters. The van der Waals surface area contributed by atoms with E-state index in [0.717, 1.165) is 4.88 Å². The summed E-state index contributed by atoms with van der Waals surface area (Å²) in [5.74, 6) is -0.110. The average Bonchev–Trinajstić information content (AvgIpc) is 2.89. The van der Waals surface area contributed by atoms with Crippen molar-refractivity contribution >= 4 is 28.9 Å². The number of aromatic carboxylic acids is 1. The lowest BCUT2D eigenvalue weighted by atomic mass is 10.2. The number of carbonyl (C=O) groups is 1. The van der Waals surface area contributed by atoms with Crippen molar-refractivity contribution in [2.45, 2.75) is 6.61 Å². The van der Waals surface area contributed by atoms with Gasteiger partial charge in [0.15, 0.2) is 11.5 Å². The summed E-state index contributed by atoms with van der Waals surface area (Å²) in [7, 11) is 2.88. The fourth-order valence-electron chi connectivity index (χ4n) is 1.72. The summed E-state index contributed by atoms with van der Waals surface area (Å²) in [5.41, 5.74) is 0.0650. The highest BCUT2D eigenvalue weighted by Crippen LogP contribution is 2.39. The van der Waals surface area contributed by atoms with Crippen molar-refractivity contribution in [1.82, 2.24) is 0 Å². The van der Waals surface area contributed by atoms with Crippen LogP contribution in [-0.2, 0) is 6.61 Å². The molecular weight excluding hydrogens is 316 g/mol. The first kappa shape index (κ1) is 15.5. The molecule has 0 spiro atoms. The van der Waals surface area contributed by atoms with Crippen LogP contribution in [-0.4, -0.2) is 25.3 Å². The van der Waals surface area contributed by atoms with Crippen molar-refractivity contribution in [1.29, 1.82) is 0 Å². The minimum Gasteiger partial charge on any atom is -0.493 e. The zero-order chi connectivity index (χ0) is 15.4. The topological polar surface area (TPSA) is 65.0 Å². The molecule has 0 aliphatic carbocycles. The number of rotatable bonds is 6. The Balaban J connectivity index is 2.30. The highest BCUT2D eigenvalue weighted by atomic mass is 35.5. The maximum atomic E-state index is 11.1. The molecule has 2 rings (SSSR count). The summed E-state index contributed by atoms with van der Waals surface area (Å²) in [6.45, 7) is 0.288. The van der Waals surface area contributed by atoms with Crippen LogP contribution in [0.5, 0.6) is 17.2 Å². The van der Waals surface area contributed by atoms with Gasteiger partial charge in [0.1, 0.15) is 6.61 Å². The van der Waals surface area contributed by atoms with E-state index in [2.05, 4.69) is 0 Å². The van der Waals surface area contributed by atoms with Gasteiger partial charge in [-0.05, 0) is 24.3 Å². The van der Waals surface area contributed by atoms with Gasteiger partial charge in [0.05, 0.1) is 24.1 Å². The van der Waals surface area contributed by atoms with Crippen LogP contribution in [0, 0.1) is 0 Å². The summed E-state index contributed by atoms with van der Waals surface area (Å²) in [5, 5.41) is 9.06. The zero-order valence-corrected chi connectivity index (χ0v) is 13.0. The van der Waals surface area contributed by atoms with Crippen molar-refractivity contribution in [3.63, 3.8) is 0 Å². The second kappa shape index (κ2) is 6.69. The first-order chi connectivity index (χ1) is 10.0. The molecule has 2 aromatic rings. The van der Waals surface area contributed by atoms with E-state index in [-0.39, 0.29) is 12.2 Å². The molecule has 0 amide bonds. The number of halogens is 1. The predicted octanol–water partition coefficient (Wildman–Crippen LogP) is 3.70. The van der Waals surface area contributed by atoms with E-state index in [0.29, 0.717) is 21.6 Å². The highest BCUT2D eigenvalue weighted by molar-refractivity contribution is 7.16. The quantitative estimate of drug-likeness (QED) is 0.876. The summed E-state index contributed by atoms with van der Waals surface area (Å²) in [6.07, 6.45) is 0. The maximum Gasteiger partial charge on any atom is 0.335 e. The van der Waals surface area contributed by atoms with Crippen LogP contribution in [0.1, 0.15) is 15.2 Å². The lowest BCUT2D eigenvalue weighted by Gasteiger charge is -2.14. The largest absolute Gasteiger partial charge is 0.493 e. The molecule has 1 heterocycles. The Morgan fingerprint density at radius 3 is 2.29 bits per heavy atom. The number of ether oxygens (including phenoxy) is 3. The van der Waals surface area contributed by atoms with Crippen molar-refractivity contribution in [2.75, 3.05) is 14.2 Å². The molecule has 0 saturated heterocycles. The highest BCUT2D eigenvalue weighted by Gasteiger charge is 2.17. The zero-order valence-electron chi connectivity index (χ0n) is 11.4. The van der Waals surface area contributed by atoms with Crippen LogP contribution >= 0.6 is 22.9 Å². The molecule has 112 valence electrons. The van der Waals surface area contributed by atoms with E-state index in [1.165, 1.54) is 37.7 Å². The second-order valence-corrected chi connectivity index (χ2v) is 5.81. The summed E-state index contributed by atoms with van der Waals surface area (Å²) in [6, 6.07) is 6.42. The van der Waals surface area contributed by atoms with Crippen molar-refractivity contribution in [3.8, 4) is 17.2 Å². The molecule has 21 heavy (non-hydrogen) atoms. The summed E-state index contributed by atoms with van der Waals surface area (Å²) >= 11 is 7.27. The van der Waals surface area contributed by atoms with Gasteiger partial charge in [0, 0.05) is 4.88 Å². The van der Waals surface area contributed by atoms with Crippen LogP contribution in [0.4, 0.5) is 0 Å². The van der Waals surface area contributed by atoms with Crippen molar-refractivity contribution in [3.05, 3.63) is 39.0 Å². The lowest BCUT2D eigenvalue weighted by molar-refractivity contribution is 0.0696. The van der Waals surface area contributed by atoms with Crippen LogP contribution in [0.3, 0.4) is 0 Å². The molecule has 0 bridgehead atoms. The maximum absolute atomic E-state index is 11.1. The van der Waals surface area contributed by atoms with E-state index in [4.69, 9.17) is 30.9 Å². The third-order valence-electron chi connectivity index (χ3n) is 2.70. The Bertz CT molecular complexity index is 628. The molecule has 1 aromatic heterocycles. The van der Waals surface area contributed by atoms with E-state index >= 15 is 0 Å². The molecular formula is C14H13ClO5S. The number of methoxy groups -OCH3 is 2. The molecule has 0 saturated carbocycles. The van der Waals surface area contributed by atoms with Gasteiger partial charge in [0.2, 0.25) is 5.75 Å². The minimum atomic E-state index is -1.07. The fourth-order valence-corrected chi connectivity index (χ4v) is 2.72. The van der Waals surface area contributed by atoms with E-state index < -0.39 is 5.97 Å². The summed E-state index contributed by atoms with van der Waals surface area (Å²) in [4.78, 5) is 12.0. The van der Waals surface area contributed by atoms with Gasteiger partial charge in [-0.25, -0.2) is 4.79 Å². The van der Waals surface area contributed by atoms with Crippen molar-refractivity contribution in [2.24, 2.45) is 0 Å². The standard InChI is InChI=1S/C14H13ClO5S/c1-18-10-5-8(14(16)17)6-11(19-2)13(10)20-7-9-3-4-12(15)21-9/h3-6H,7H2,1-2H3,(H,16,17). The number of thiophene rings is 1. The van der Waals surface area contributed by atoms with E-state index in [9.17, 15) is 4.79 Å².